The Balaban J connectivity index is 1.90. The van der Waals surface area contributed by atoms with E-state index in [4.69, 9.17) is 4.26 Å². The Bertz CT molecular complexity index is 1460. The van der Waals surface area contributed by atoms with Crippen LogP contribution >= 0.6 is 0 Å². The first kappa shape index (κ1) is 29.1. The van der Waals surface area contributed by atoms with Crippen molar-refractivity contribution in [2.75, 3.05) is 0 Å². The normalized spacial score (nSPS) is 15.9. The zero-order chi connectivity index (χ0) is 28.8. The summed E-state index contributed by atoms with van der Waals surface area (Å²) in [5.74, 6) is 0. The molecule has 0 amide bonds. The first-order chi connectivity index (χ1) is 18.9. The quantitative estimate of drug-likeness (QED) is 0.125. The van der Waals surface area contributed by atoms with E-state index < -0.39 is 18.0 Å². The van der Waals surface area contributed by atoms with E-state index in [1.807, 2.05) is 0 Å². The van der Waals surface area contributed by atoms with Crippen molar-refractivity contribution in [1.29, 1.82) is 0 Å². The van der Waals surface area contributed by atoms with Crippen LogP contribution < -0.4 is 3.32 Å². The van der Waals surface area contributed by atoms with E-state index in [0.29, 0.717) is 7.35 Å². The van der Waals surface area contributed by atoms with Gasteiger partial charge in [0.25, 0.3) is 0 Å². The molecule has 0 saturated heterocycles. The SMILES string of the molecule is C=CCCC[CH2][Hf](=[CH2])([c]1ccccc1)([CH]1C=CC=C1)[CH]1c2cc(C(C)(C)C)ccc2-c2ccc(C(C)(C)C)cc21. The fraction of sp³-hybridized carbons (Fsp3) is 0.359. The number of unbranched alkanes of at least 4 members (excludes halogenated alkanes) is 2. The van der Waals surface area contributed by atoms with Crippen molar-refractivity contribution < 1.29 is 18.0 Å². The fourth-order valence-electron chi connectivity index (χ4n) is 7.58. The second kappa shape index (κ2) is 10.5. The van der Waals surface area contributed by atoms with Gasteiger partial charge < -0.3 is 0 Å². The monoisotopic (exact) mass is 696 g/mol. The Labute approximate surface area is 244 Å². The van der Waals surface area contributed by atoms with Crippen LogP contribution in [0.5, 0.6) is 0 Å². The molecule has 2 aliphatic carbocycles. The van der Waals surface area contributed by atoms with Gasteiger partial charge in [-0.25, -0.2) is 0 Å². The molecule has 0 aromatic heterocycles. The van der Waals surface area contributed by atoms with Crippen molar-refractivity contribution in [3.8, 4) is 11.1 Å². The molecule has 0 fully saturated rings. The number of fused-ring (bicyclic) bond motifs is 3. The average molecular weight is 695 g/mol. The molecule has 0 atom stereocenters. The summed E-state index contributed by atoms with van der Waals surface area (Å²) in [5.41, 5.74) is 8.91. The van der Waals surface area contributed by atoms with Gasteiger partial charge in [-0.3, -0.25) is 0 Å². The Morgan fingerprint density at radius 2 is 1.25 bits per heavy atom. The molecule has 3 aromatic carbocycles. The molecule has 3 aromatic rings. The minimum atomic E-state index is -4.47. The van der Waals surface area contributed by atoms with E-state index in [0.717, 1.165) is 6.42 Å². The molecule has 40 heavy (non-hydrogen) atoms. The van der Waals surface area contributed by atoms with Crippen LogP contribution in [-0.2, 0) is 28.8 Å². The molecule has 208 valence electrons. The zero-order valence-corrected chi connectivity index (χ0v) is 29.2. The van der Waals surface area contributed by atoms with Crippen LogP contribution in [0.15, 0.2) is 104 Å². The van der Waals surface area contributed by atoms with E-state index in [-0.39, 0.29) is 10.8 Å². The van der Waals surface area contributed by atoms with Crippen LogP contribution in [0.25, 0.3) is 11.1 Å². The molecular formula is C39H48Hf. The Hall–Kier alpha value is -2.38. The summed E-state index contributed by atoms with van der Waals surface area (Å²) >= 11 is -4.47. The number of benzene rings is 3. The van der Waals surface area contributed by atoms with Crippen molar-refractivity contribution in [2.45, 2.75) is 83.2 Å². The Morgan fingerprint density at radius 3 is 1.73 bits per heavy atom. The molecule has 0 heterocycles. The standard InChI is InChI=1S/C21H25.C6H5.C6H11.C5H5.CH2.Hf/c1-20(2,3)16-7-9-18-14(12-16)11-15-13-17(21(4,5)6)8-10-19(15)18;1-2-4-6-5-3-1;1-3-5-6-4-2;1-2-4-5-3-1;;/h7-13H,1-6H3;1-5H;3H,1-2,4-6H2;1-5H;1H2;. The van der Waals surface area contributed by atoms with Crippen LogP contribution in [0.2, 0.25) is 7.85 Å². The second-order valence-electron chi connectivity index (χ2n) is 14.6. The molecule has 0 saturated carbocycles. The summed E-state index contributed by atoms with van der Waals surface area (Å²) in [6, 6.07) is 26.3. The van der Waals surface area contributed by atoms with Gasteiger partial charge in [0.15, 0.2) is 0 Å². The first-order valence-electron chi connectivity index (χ1n) is 15.2. The van der Waals surface area contributed by atoms with Gasteiger partial charge >= 0.3 is 246 Å². The van der Waals surface area contributed by atoms with Gasteiger partial charge in [0.05, 0.1) is 0 Å². The molecule has 1 heteroatoms. The van der Waals surface area contributed by atoms with Crippen LogP contribution in [0.3, 0.4) is 0 Å². The summed E-state index contributed by atoms with van der Waals surface area (Å²) in [4.78, 5) is 0. The molecule has 0 nitrogen and oxygen atoms in total. The molecule has 5 rings (SSSR count). The summed E-state index contributed by atoms with van der Waals surface area (Å²) in [6.45, 7) is 18.1. The molecule has 0 bridgehead atoms. The van der Waals surface area contributed by atoms with Crippen molar-refractivity contribution >= 4 is 7.58 Å². The maximum atomic E-state index is 5.71. The van der Waals surface area contributed by atoms with Crippen molar-refractivity contribution in [3.05, 3.63) is 126 Å². The third kappa shape index (κ3) is 4.77. The third-order valence-corrected chi connectivity index (χ3v) is 36.8. The Kier molecular flexibility index (Phi) is 7.62. The molecule has 0 radical (unpaired) electrons. The van der Waals surface area contributed by atoms with Gasteiger partial charge in [-0.2, -0.15) is 0 Å². The number of hydrogen-bond donors (Lipinski definition) is 0. The molecule has 0 unspecified atom stereocenters. The van der Waals surface area contributed by atoms with Gasteiger partial charge in [0.2, 0.25) is 0 Å². The number of allylic oxidation sites excluding steroid dienone is 5. The topological polar surface area (TPSA) is 0 Å². The van der Waals surface area contributed by atoms with E-state index in [2.05, 4.69) is 145 Å². The molecular weight excluding hydrogens is 647 g/mol. The van der Waals surface area contributed by atoms with Crippen molar-refractivity contribution in [1.82, 2.24) is 0 Å². The number of rotatable bonds is 8. The van der Waals surface area contributed by atoms with Gasteiger partial charge in [0.1, 0.15) is 0 Å². The van der Waals surface area contributed by atoms with E-state index >= 15 is 0 Å². The average Bonchev–Trinajstić information content (AvgIpc) is 3.58. The van der Waals surface area contributed by atoms with Gasteiger partial charge in [-0.05, 0) is 0 Å². The molecule has 0 N–H and O–H groups in total. The second-order valence-corrected chi connectivity index (χ2v) is 36.4. The predicted molar refractivity (Wildman–Crippen MR) is 175 cm³/mol. The number of hydrogen-bond acceptors (Lipinski definition) is 0. The van der Waals surface area contributed by atoms with Gasteiger partial charge in [-0.15, -0.1) is 0 Å². The maximum absolute atomic E-state index is 5.71. The summed E-state index contributed by atoms with van der Waals surface area (Å²) in [5, 5.41) is 0. The zero-order valence-electron chi connectivity index (χ0n) is 25.6. The van der Waals surface area contributed by atoms with E-state index in [9.17, 15) is 0 Å². The van der Waals surface area contributed by atoms with Crippen LogP contribution in [0.4, 0.5) is 0 Å². The van der Waals surface area contributed by atoms with Crippen LogP contribution in [0.1, 0.15) is 86.7 Å². The van der Waals surface area contributed by atoms with Gasteiger partial charge in [-0.1, -0.05) is 0 Å². The summed E-state index contributed by atoms with van der Waals surface area (Å²) < 4.78 is 9.18. The van der Waals surface area contributed by atoms with Crippen molar-refractivity contribution in [3.63, 3.8) is 0 Å². The molecule has 2 aliphatic rings. The predicted octanol–water partition coefficient (Wildman–Crippen LogP) is 10.5. The van der Waals surface area contributed by atoms with Gasteiger partial charge in [0, 0.05) is 0 Å². The van der Waals surface area contributed by atoms with E-state index in [1.165, 1.54) is 50.4 Å². The first-order valence-corrected chi connectivity index (χ1v) is 26.3. The fourth-order valence-corrected chi connectivity index (χ4v) is 34.0. The third-order valence-electron chi connectivity index (χ3n) is 9.99. The molecule has 0 spiro atoms. The van der Waals surface area contributed by atoms with Crippen LogP contribution in [0, 0.1) is 0 Å². The van der Waals surface area contributed by atoms with Crippen LogP contribution in [-0.4, -0.2) is 4.26 Å². The minimum absolute atomic E-state index is 0.0857. The van der Waals surface area contributed by atoms with Crippen molar-refractivity contribution in [2.24, 2.45) is 0 Å². The summed E-state index contributed by atoms with van der Waals surface area (Å²) in [6.07, 6.45) is 15.1. The Morgan fingerprint density at radius 1 is 0.725 bits per heavy atom. The van der Waals surface area contributed by atoms with E-state index in [1.54, 1.807) is 3.32 Å². The summed E-state index contributed by atoms with van der Waals surface area (Å²) in [7, 11) is 0. The molecule has 0 aliphatic heterocycles.